The van der Waals surface area contributed by atoms with Gasteiger partial charge in [0.1, 0.15) is 18.2 Å². The second kappa shape index (κ2) is 11.9. The van der Waals surface area contributed by atoms with E-state index in [-0.39, 0.29) is 24.2 Å². The summed E-state index contributed by atoms with van der Waals surface area (Å²) < 4.78 is 28.2. The van der Waals surface area contributed by atoms with E-state index < -0.39 is 11.8 Å². The van der Waals surface area contributed by atoms with Gasteiger partial charge in [-0.15, -0.1) is 11.3 Å². The van der Waals surface area contributed by atoms with Gasteiger partial charge >= 0.3 is 5.97 Å². The van der Waals surface area contributed by atoms with E-state index in [0.29, 0.717) is 36.0 Å². The number of benzene rings is 2. The molecule has 0 unspecified atom stereocenters. The van der Waals surface area contributed by atoms with E-state index in [1.54, 1.807) is 53.2 Å². The van der Waals surface area contributed by atoms with Crippen molar-refractivity contribution >= 4 is 39.9 Å². The van der Waals surface area contributed by atoms with Crippen LogP contribution >= 0.6 is 22.9 Å². The molecule has 0 spiro atoms. The highest BCUT2D eigenvalue weighted by molar-refractivity contribution is 7.09. The maximum atomic E-state index is 14.1. The molecular formula is C30H26ClFN4O4S. The first kappa shape index (κ1) is 27.3. The highest BCUT2D eigenvalue weighted by atomic mass is 35.5. The SMILES string of the molecule is O=C(O)c1ccc2nc(C[C@@H]3CC[C@@H](c4cccc(OCc5ccc(Cl)cc5F)n4)CO3)n(Cc3cncs3)c2c1. The number of fused-ring (bicyclic) bond motifs is 1. The van der Waals surface area contributed by atoms with Crippen molar-refractivity contribution < 1.29 is 23.8 Å². The molecule has 0 aliphatic carbocycles. The van der Waals surface area contributed by atoms with Crippen molar-refractivity contribution in [2.45, 2.75) is 44.4 Å². The Balaban J connectivity index is 1.13. The highest BCUT2D eigenvalue weighted by Crippen LogP contribution is 2.31. The number of aromatic carboxylic acids is 1. The summed E-state index contributed by atoms with van der Waals surface area (Å²) in [5, 5.41) is 9.85. The van der Waals surface area contributed by atoms with Crippen LogP contribution < -0.4 is 4.74 Å². The minimum Gasteiger partial charge on any atom is -0.478 e. The summed E-state index contributed by atoms with van der Waals surface area (Å²) in [6.07, 6.45) is 4.09. The zero-order chi connectivity index (χ0) is 28.3. The molecule has 3 aromatic heterocycles. The van der Waals surface area contributed by atoms with Crippen molar-refractivity contribution in [1.29, 1.82) is 0 Å². The van der Waals surface area contributed by atoms with Crippen molar-refractivity contribution in [3.05, 3.63) is 105 Å². The van der Waals surface area contributed by atoms with Crippen LogP contribution in [0.25, 0.3) is 11.0 Å². The number of rotatable bonds is 9. The second-order valence-corrected chi connectivity index (χ2v) is 11.4. The highest BCUT2D eigenvalue weighted by Gasteiger charge is 2.26. The van der Waals surface area contributed by atoms with Crippen LogP contribution in [0.3, 0.4) is 0 Å². The first-order chi connectivity index (χ1) is 19.9. The lowest BCUT2D eigenvalue weighted by Crippen LogP contribution is -2.28. The lowest BCUT2D eigenvalue weighted by molar-refractivity contribution is 0.00214. The molecule has 4 heterocycles. The number of aromatic nitrogens is 4. The Hall–Kier alpha value is -3.86. The van der Waals surface area contributed by atoms with Crippen LogP contribution in [0.2, 0.25) is 5.02 Å². The second-order valence-electron chi connectivity index (χ2n) is 9.95. The summed E-state index contributed by atoms with van der Waals surface area (Å²) in [5.41, 5.74) is 4.82. The summed E-state index contributed by atoms with van der Waals surface area (Å²) in [7, 11) is 0. The molecule has 8 nitrogen and oxygen atoms in total. The van der Waals surface area contributed by atoms with Crippen molar-refractivity contribution in [3.63, 3.8) is 0 Å². The van der Waals surface area contributed by atoms with Gasteiger partial charge in [-0.25, -0.2) is 19.2 Å². The molecule has 1 aliphatic heterocycles. The van der Waals surface area contributed by atoms with E-state index >= 15 is 0 Å². The molecule has 2 aromatic carbocycles. The number of carboxylic acids is 1. The molecule has 0 bridgehead atoms. The molecule has 0 saturated carbocycles. The van der Waals surface area contributed by atoms with E-state index in [2.05, 4.69) is 14.5 Å². The Morgan fingerprint density at radius 3 is 2.83 bits per heavy atom. The number of halogens is 2. The minimum absolute atomic E-state index is 0.0328. The van der Waals surface area contributed by atoms with Crippen molar-refractivity contribution in [1.82, 2.24) is 19.5 Å². The van der Waals surface area contributed by atoms with Gasteiger partial charge in [0.2, 0.25) is 5.88 Å². The predicted octanol–water partition coefficient (Wildman–Crippen LogP) is 6.51. The van der Waals surface area contributed by atoms with Crippen LogP contribution in [0.4, 0.5) is 4.39 Å². The summed E-state index contributed by atoms with van der Waals surface area (Å²) in [6, 6.07) is 15.1. The molecule has 210 valence electrons. The van der Waals surface area contributed by atoms with Gasteiger partial charge in [0.05, 0.1) is 41.4 Å². The van der Waals surface area contributed by atoms with Crippen LogP contribution in [0, 0.1) is 5.82 Å². The standard InChI is InChI=1S/C30H26ClFN4O4S/c31-21-7-4-19(24(32)11-21)15-40-29-3-1-2-25(35-29)20-5-8-22(39-16-20)12-28-34-26-9-6-18(30(37)38)10-27(26)36(28)14-23-13-33-17-41-23/h1-4,6-7,9-11,13,17,20,22H,5,8,12,14-16H2,(H,37,38)/t20-,22+/m1/s1. The van der Waals surface area contributed by atoms with Gasteiger partial charge < -0.3 is 19.1 Å². The van der Waals surface area contributed by atoms with Gasteiger partial charge in [0.15, 0.2) is 0 Å². The fraction of sp³-hybridized carbons (Fsp3) is 0.267. The number of carboxylic acid groups (broad SMARTS) is 1. The van der Waals surface area contributed by atoms with Gasteiger partial charge in [-0.05, 0) is 49.2 Å². The third-order valence-corrected chi connectivity index (χ3v) is 8.21. The third kappa shape index (κ3) is 6.24. The van der Waals surface area contributed by atoms with E-state index in [1.807, 2.05) is 18.3 Å². The van der Waals surface area contributed by atoms with E-state index in [4.69, 9.17) is 26.1 Å². The molecule has 1 saturated heterocycles. The molecule has 41 heavy (non-hydrogen) atoms. The first-order valence-electron chi connectivity index (χ1n) is 13.2. The molecule has 0 amide bonds. The lowest BCUT2D eigenvalue weighted by atomic mass is 9.93. The van der Waals surface area contributed by atoms with Crippen LogP contribution in [0.1, 0.15) is 51.1 Å². The minimum atomic E-state index is -0.971. The summed E-state index contributed by atoms with van der Waals surface area (Å²) in [5.74, 6) is -0.000751. The molecule has 1 N–H and O–H groups in total. The maximum absolute atomic E-state index is 14.1. The summed E-state index contributed by atoms with van der Waals surface area (Å²) in [4.78, 5) is 26.3. The van der Waals surface area contributed by atoms with Crippen LogP contribution in [-0.2, 0) is 24.3 Å². The number of pyridine rings is 1. The molecule has 6 rings (SSSR count). The number of imidazole rings is 1. The van der Waals surface area contributed by atoms with E-state index in [9.17, 15) is 14.3 Å². The topological polar surface area (TPSA) is 99.4 Å². The molecule has 2 atom stereocenters. The zero-order valence-electron chi connectivity index (χ0n) is 21.9. The Morgan fingerprint density at radius 2 is 2.07 bits per heavy atom. The van der Waals surface area contributed by atoms with Gasteiger partial charge in [-0.2, -0.15) is 0 Å². The average molecular weight is 593 g/mol. The van der Waals surface area contributed by atoms with Crippen molar-refractivity contribution in [2.75, 3.05) is 6.61 Å². The normalized spacial score (nSPS) is 17.1. The molecule has 1 fully saturated rings. The van der Waals surface area contributed by atoms with Gasteiger partial charge in [0.25, 0.3) is 0 Å². The largest absolute Gasteiger partial charge is 0.478 e. The number of ether oxygens (including phenoxy) is 2. The van der Waals surface area contributed by atoms with Crippen molar-refractivity contribution in [3.8, 4) is 5.88 Å². The number of nitrogens with zero attached hydrogens (tertiary/aromatic N) is 4. The summed E-state index contributed by atoms with van der Waals surface area (Å²) >= 11 is 7.38. The summed E-state index contributed by atoms with van der Waals surface area (Å²) in [6.45, 7) is 1.12. The van der Waals surface area contributed by atoms with Crippen LogP contribution in [0.5, 0.6) is 5.88 Å². The zero-order valence-corrected chi connectivity index (χ0v) is 23.4. The van der Waals surface area contributed by atoms with E-state index in [0.717, 1.165) is 40.3 Å². The molecule has 5 aromatic rings. The quantitative estimate of drug-likeness (QED) is 0.208. The van der Waals surface area contributed by atoms with E-state index in [1.165, 1.54) is 6.07 Å². The number of carbonyl (C=O) groups is 1. The molecule has 0 radical (unpaired) electrons. The average Bonchev–Trinajstić information content (AvgIpc) is 3.61. The molecule has 11 heteroatoms. The molecule has 1 aliphatic rings. The third-order valence-electron chi connectivity index (χ3n) is 7.21. The smallest absolute Gasteiger partial charge is 0.335 e. The molecular weight excluding hydrogens is 567 g/mol. The Kier molecular flexibility index (Phi) is 7.95. The lowest BCUT2D eigenvalue weighted by Gasteiger charge is -2.29. The van der Waals surface area contributed by atoms with Crippen molar-refractivity contribution in [2.24, 2.45) is 0 Å². The maximum Gasteiger partial charge on any atom is 0.335 e. The van der Waals surface area contributed by atoms with Crippen LogP contribution in [0.15, 0.2) is 66.3 Å². The van der Waals surface area contributed by atoms with Crippen LogP contribution in [-0.4, -0.2) is 43.3 Å². The number of hydrogen-bond acceptors (Lipinski definition) is 7. The Labute approximate surface area is 244 Å². The number of thiazole rings is 1. The predicted molar refractivity (Wildman–Crippen MR) is 153 cm³/mol. The fourth-order valence-electron chi connectivity index (χ4n) is 5.05. The van der Waals surface area contributed by atoms with Gasteiger partial charge in [0, 0.05) is 45.8 Å². The fourth-order valence-corrected chi connectivity index (χ4v) is 5.79. The Morgan fingerprint density at radius 1 is 1.17 bits per heavy atom. The first-order valence-corrected chi connectivity index (χ1v) is 14.4. The van der Waals surface area contributed by atoms with Gasteiger partial charge in [-0.3, -0.25) is 4.98 Å². The monoisotopic (exact) mass is 592 g/mol. The van der Waals surface area contributed by atoms with Gasteiger partial charge in [-0.1, -0.05) is 23.7 Å². The Bertz CT molecular complexity index is 1690. The number of hydrogen-bond donors (Lipinski definition) is 1.